The fourth-order valence-corrected chi connectivity index (χ4v) is 2.81. The van der Waals surface area contributed by atoms with Gasteiger partial charge in [-0.15, -0.1) is 0 Å². The van der Waals surface area contributed by atoms with Crippen LogP contribution in [0.25, 0.3) is 0 Å². The van der Waals surface area contributed by atoms with E-state index in [1.54, 1.807) is 30.9 Å². The lowest BCUT2D eigenvalue weighted by Gasteiger charge is -2.25. The number of aromatic nitrogens is 3. The van der Waals surface area contributed by atoms with Crippen LogP contribution in [0.2, 0.25) is 0 Å². The number of carbonyl (C=O) groups excluding carboxylic acids is 1. The maximum Gasteiger partial charge on any atom is 0.224 e. The Kier molecular flexibility index (Phi) is 4.58. The van der Waals surface area contributed by atoms with E-state index in [1.165, 1.54) is 5.56 Å². The van der Waals surface area contributed by atoms with Crippen molar-refractivity contribution in [3.63, 3.8) is 0 Å². The molecule has 0 bridgehead atoms. The Balaban J connectivity index is 1.55. The molecule has 1 aliphatic heterocycles. The Morgan fingerprint density at radius 1 is 1.23 bits per heavy atom. The van der Waals surface area contributed by atoms with Crippen LogP contribution in [-0.2, 0) is 4.79 Å². The summed E-state index contributed by atoms with van der Waals surface area (Å²) in [6.07, 6.45) is 9.43. The summed E-state index contributed by atoms with van der Waals surface area (Å²) >= 11 is 0. The van der Waals surface area contributed by atoms with Gasteiger partial charge < -0.3 is 10.2 Å². The van der Waals surface area contributed by atoms with Gasteiger partial charge in [0, 0.05) is 44.3 Å². The normalized spacial score (nSPS) is 17.5. The smallest absolute Gasteiger partial charge is 0.224 e. The molecule has 3 rings (SSSR count). The Hall–Kier alpha value is -2.50. The second-order valence-electron chi connectivity index (χ2n) is 5.27. The molecule has 6 heteroatoms. The van der Waals surface area contributed by atoms with Crippen LogP contribution in [-0.4, -0.2) is 38.8 Å². The van der Waals surface area contributed by atoms with Crippen LogP contribution in [0.1, 0.15) is 30.9 Å². The third-order valence-corrected chi connectivity index (χ3v) is 3.85. The number of likely N-dealkylation sites (tertiary alicyclic amines) is 1. The molecule has 6 nitrogen and oxygen atoms in total. The van der Waals surface area contributed by atoms with Gasteiger partial charge in [0.05, 0.1) is 6.04 Å². The molecule has 0 radical (unpaired) electrons. The van der Waals surface area contributed by atoms with Crippen LogP contribution in [0.15, 0.2) is 43.0 Å². The maximum absolute atomic E-state index is 12.4. The molecular formula is C16H19N5O. The molecule has 1 N–H and O–H groups in total. The van der Waals surface area contributed by atoms with Crippen molar-refractivity contribution >= 4 is 11.9 Å². The number of pyridine rings is 1. The van der Waals surface area contributed by atoms with E-state index >= 15 is 0 Å². The van der Waals surface area contributed by atoms with Crippen molar-refractivity contribution in [1.29, 1.82) is 0 Å². The number of amides is 1. The van der Waals surface area contributed by atoms with Crippen molar-refractivity contribution in [3.8, 4) is 0 Å². The lowest BCUT2D eigenvalue weighted by atomic mass is 10.1. The summed E-state index contributed by atoms with van der Waals surface area (Å²) < 4.78 is 0. The highest BCUT2D eigenvalue weighted by Gasteiger charge is 2.29. The predicted molar refractivity (Wildman–Crippen MR) is 83.1 cm³/mol. The molecule has 0 saturated carbocycles. The summed E-state index contributed by atoms with van der Waals surface area (Å²) in [6.45, 7) is 1.37. The number of hydrogen-bond acceptors (Lipinski definition) is 5. The van der Waals surface area contributed by atoms with Gasteiger partial charge in [0.15, 0.2) is 0 Å². The first kappa shape index (κ1) is 14.4. The molecule has 0 spiro atoms. The first-order valence-electron chi connectivity index (χ1n) is 7.55. The van der Waals surface area contributed by atoms with E-state index in [1.807, 2.05) is 17.0 Å². The van der Waals surface area contributed by atoms with Crippen molar-refractivity contribution in [2.45, 2.75) is 25.3 Å². The van der Waals surface area contributed by atoms with E-state index in [4.69, 9.17) is 0 Å². The molecule has 114 valence electrons. The van der Waals surface area contributed by atoms with Crippen LogP contribution >= 0.6 is 0 Å². The van der Waals surface area contributed by atoms with Crippen molar-refractivity contribution in [2.24, 2.45) is 0 Å². The second-order valence-corrected chi connectivity index (χ2v) is 5.27. The van der Waals surface area contributed by atoms with Crippen LogP contribution in [0, 0.1) is 0 Å². The number of carbonyl (C=O) groups is 1. The molecule has 22 heavy (non-hydrogen) atoms. The molecule has 1 saturated heterocycles. The fourth-order valence-electron chi connectivity index (χ4n) is 2.81. The zero-order chi connectivity index (χ0) is 15.2. The van der Waals surface area contributed by atoms with E-state index < -0.39 is 0 Å². The Labute approximate surface area is 129 Å². The molecule has 3 heterocycles. The summed E-state index contributed by atoms with van der Waals surface area (Å²) in [7, 11) is 0. The number of rotatable bonds is 5. The molecule has 0 aromatic carbocycles. The van der Waals surface area contributed by atoms with Gasteiger partial charge in [-0.1, -0.05) is 0 Å². The van der Waals surface area contributed by atoms with Gasteiger partial charge in [-0.3, -0.25) is 9.78 Å². The number of nitrogens with zero attached hydrogens (tertiary/aromatic N) is 4. The van der Waals surface area contributed by atoms with E-state index in [0.717, 1.165) is 19.4 Å². The summed E-state index contributed by atoms with van der Waals surface area (Å²) in [4.78, 5) is 26.6. The van der Waals surface area contributed by atoms with Crippen molar-refractivity contribution in [2.75, 3.05) is 18.4 Å². The summed E-state index contributed by atoms with van der Waals surface area (Å²) in [6, 6.07) is 5.93. The minimum Gasteiger partial charge on any atom is -0.354 e. The van der Waals surface area contributed by atoms with E-state index in [-0.39, 0.29) is 11.9 Å². The molecule has 1 aliphatic rings. The average molecular weight is 297 g/mol. The molecule has 0 aliphatic carbocycles. The van der Waals surface area contributed by atoms with E-state index in [9.17, 15) is 4.79 Å². The molecule has 2 aromatic heterocycles. The SMILES string of the molecule is O=C(CCNc1ncccn1)N1CCCC1c1ccncc1. The maximum atomic E-state index is 12.4. The van der Waals surface area contributed by atoms with E-state index in [2.05, 4.69) is 20.3 Å². The Morgan fingerprint density at radius 3 is 2.77 bits per heavy atom. The second kappa shape index (κ2) is 6.98. The zero-order valence-corrected chi connectivity index (χ0v) is 12.4. The molecule has 1 atom stereocenters. The lowest BCUT2D eigenvalue weighted by molar-refractivity contribution is -0.131. The highest BCUT2D eigenvalue weighted by Crippen LogP contribution is 2.31. The third-order valence-electron chi connectivity index (χ3n) is 3.85. The monoisotopic (exact) mass is 297 g/mol. The van der Waals surface area contributed by atoms with Gasteiger partial charge in [0.2, 0.25) is 11.9 Å². The number of anilines is 1. The Morgan fingerprint density at radius 2 is 2.00 bits per heavy atom. The molecule has 1 fully saturated rings. The zero-order valence-electron chi connectivity index (χ0n) is 12.4. The third kappa shape index (κ3) is 3.39. The van der Waals surface area contributed by atoms with E-state index in [0.29, 0.717) is 18.9 Å². The van der Waals surface area contributed by atoms with Gasteiger partial charge >= 0.3 is 0 Å². The molecular weight excluding hydrogens is 278 g/mol. The Bertz CT molecular complexity index is 604. The molecule has 1 amide bonds. The summed E-state index contributed by atoms with van der Waals surface area (Å²) in [5.74, 6) is 0.727. The van der Waals surface area contributed by atoms with Crippen LogP contribution in [0.4, 0.5) is 5.95 Å². The largest absolute Gasteiger partial charge is 0.354 e. The van der Waals surface area contributed by atoms with Crippen molar-refractivity contribution < 1.29 is 4.79 Å². The van der Waals surface area contributed by atoms with Gasteiger partial charge in [-0.25, -0.2) is 9.97 Å². The first-order valence-corrected chi connectivity index (χ1v) is 7.55. The number of nitrogens with one attached hydrogen (secondary N) is 1. The highest BCUT2D eigenvalue weighted by molar-refractivity contribution is 5.77. The molecule has 2 aromatic rings. The van der Waals surface area contributed by atoms with Gasteiger partial charge in [0.25, 0.3) is 0 Å². The van der Waals surface area contributed by atoms with Gasteiger partial charge in [0.1, 0.15) is 0 Å². The van der Waals surface area contributed by atoms with Crippen molar-refractivity contribution in [1.82, 2.24) is 19.9 Å². The highest BCUT2D eigenvalue weighted by atomic mass is 16.2. The summed E-state index contributed by atoms with van der Waals surface area (Å²) in [5.41, 5.74) is 1.17. The van der Waals surface area contributed by atoms with Crippen LogP contribution < -0.4 is 5.32 Å². The summed E-state index contributed by atoms with van der Waals surface area (Å²) in [5, 5.41) is 3.07. The lowest BCUT2D eigenvalue weighted by Crippen LogP contribution is -2.31. The minimum atomic E-state index is 0.169. The topological polar surface area (TPSA) is 71.0 Å². The standard InChI is InChI=1S/C16H19N5O/c22-15(6-11-20-16-18-7-2-8-19-16)21-12-1-3-14(21)13-4-9-17-10-5-13/h2,4-5,7-10,14H,1,3,6,11-12H2,(H,18,19,20). The van der Waals surface area contributed by atoms with Crippen molar-refractivity contribution in [3.05, 3.63) is 48.5 Å². The number of hydrogen-bond donors (Lipinski definition) is 1. The molecule has 1 unspecified atom stereocenters. The predicted octanol–water partition coefficient (Wildman–Crippen LogP) is 2.04. The first-order chi connectivity index (χ1) is 10.8. The van der Waals surface area contributed by atoms with Crippen LogP contribution in [0.5, 0.6) is 0 Å². The fraction of sp³-hybridized carbons (Fsp3) is 0.375. The quantitative estimate of drug-likeness (QED) is 0.914. The average Bonchev–Trinajstić information content (AvgIpc) is 3.06. The minimum absolute atomic E-state index is 0.169. The van der Waals surface area contributed by atoms with Crippen LogP contribution in [0.3, 0.4) is 0 Å². The van der Waals surface area contributed by atoms with Gasteiger partial charge in [-0.2, -0.15) is 0 Å². The van der Waals surface area contributed by atoms with Gasteiger partial charge in [-0.05, 0) is 36.6 Å².